The van der Waals surface area contributed by atoms with Crippen molar-refractivity contribution in [2.75, 3.05) is 5.01 Å². The molecular weight excluding hydrogens is 428 g/mol. The second-order valence-electron chi connectivity index (χ2n) is 7.18. The number of anilines is 1. The maximum atomic E-state index is 12.9. The fourth-order valence-electron chi connectivity index (χ4n) is 3.27. The molecule has 0 atom stereocenters. The lowest BCUT2D eigenvalue weighted by Crippen LogP contribution is -2.21. The standard InChI is InChI=1S/C25H19ClN2O4/c1-16-21(24(29)28(27-16)20-8-3-2-4-9-20)13-17-10-11-23(22(26)14-17)32-15-18-6-5-7-19(12-18)25(30)31/h2-14H,15H2,1H3,(H,30,31)/b21-13+. The van der Waals surface area contributed by atoms with Gasteiger partial charge in [-0.3, -0.25) is 4.79 Å². The first-order valence-electron chi connectivity index (χ1n) is 9.84. The highest BCUT2D eigenvalue weighted by atomic mass is 35.5. The van der Waals surface area contributed by atoms with Crippen molar-refractivity contribution in [1.82, 2.24) is 0 Å². The van der Waals surface area contributed by atoms with Crippen LogP contribution in [0.1, 0.15) is 28.4 Å². The van der Waals surface area contributed by atoms with Crippen molar-refractivity contribution in [2.45, 2.75) is 13.5 Å². The molecular formula is C25H19ClN2O4. The first kappa shape index (κ1) is 21.3. The Morgan fingerprint density at radius 3 is 2.59 bits per heavy atom. The van der Waals surface area contributed by atoms with Crippen LogP contribution in [0.2, 0.25) is 5.02 Å². The van der Waals surface area contributed by atoms with Gasteiger partial charge in [-0.05, 0) is 60.5 Å². The Labute approximate surface area is 190 Å². The summed E-state index contributed by atoms with van der Waals surface area (Å²) in [5, 5.41) is 15.2. The van der Waals surface area contributed by atoms with Gasteiger partial charge in [0.1, 0.15) is 12.4 Å². The summed E-state index contributed by atoms with van der Waals surface area (Å²) < 4.78 is 5.76. The summed E-state index contributed by atoms with van der Waals surface area (Å²) in [4.78, 5) is 24.0. The number of amides is 1. The molecule has 1 N–H and O–H groups in total. The van der Waals surface area contributed by atoms with E-state index in [0.717, 1.165) is 11.1 Å². The van der Waals surface area contributed by atoms with E-state index >= 15 is 0 Å². The molecule has 0 radical (unpaired) electrons. The average molecular weight is 447 g/mol. The lowest BCUT2D eigenvalue weighted by molar-refractivity contribution is -0.114. The van der Waals surface area contributed by atoms with Crippen LogP contribution in [0.4, 0.5) is 5.69 Å². The number of nitrogens with zero attached hydrogens (tertiary/aromatic N) is 2. The van der Waals surface area contributed by atoms with E-state index in [2.05, 4.69) is 5.10 Å². The van der Waals surface area contributed by atoms with Gasteiger partial charge >= 0.3 is 5.97 Å². The highest BCUT2D eigenvalue weighted by molar-refractivity contribution is 6.33. The van der Waals surface area contributed by atoms with Crippen molar-refractivity contribution in [3.05, 3.63) is 100 Å². The summed E-state index contributed by atoms with van der Waals surface area (Å²) in [5.41, 5.74) is 3.47. The van der Waals surface area contributed by atoms with E-state index in [0.29, 0.717) is 27.7 Å². The van der Waals surface area contributed by atoms with Gasteiger partial charge in [0.2, 0.25) is 0 Å². The van der Waals surface area contributed by atoms with E-state index < -0.39 is 5.97 Å². The molecule has 1 aliphatic rings. The fraction of sp³-hybridized carbons (Fsp3) is 0.0800. The maximum absolute atomic E-state index is 12.9. The molecule has 0 fully saturated rings. The predicted octanol–water partition coefficient (Wildman–Crippen LogP) is 5.42. The van der Waals surface area contributed by atoms with Gasteiger partial charge in [0.05, 0.1) is 27.6 Å². The summed E-state index contributed by atoms with van der Waals surface area (Å²) in [6, 6.07) is 21.0. The Kier molecular flexibility index (Phi) is 6.05. The minimum atomic E-state index is -0.992. The highest BCUT2D eigenvalue weighted by Crippen LogP contribution is 2.29. The number of carbonyl (C=O) groups excluding carboxylic acids is 1. The molecule has 0 spiro atoms. The molecule has 1 heterocycles. The molecule has 6 nitrogen and oxygen atoms in total. The zero-order valence-electron chi connectivity index (χ0n) is 17.2. The quantitative estimate of drug-likeness (QED) is 0.512. The molecule has 160 valence electrons. The van der Waals surface area contributed by atoms with Crippen molar-refractivity contribution >= 4 is 41.0 Å². The smallest absolute Gasteiger partial charge is 0.335 e. The van der Waals surface area contributed by atoms with Gasteiger partial charge in [-0.15, -0.1) is 0 Å². The van der Waals surface area contributed by atoms with E-state index in [1.165, 1.54) is 11.1 Å². The van der Waals surface area contributed by atoms with Crippen LogP contribution in [0.3, 0.4) is 0 Å². The van der Waals surface area contributed by atoms with Crippen molar-refractivity contribution < 1.29 is 19.4 Å². The van der Waals surface area contributed by atoms with Gasteiger partial charge in [0.15, 0.2) is 0 Å². The number of benzene rings is 3. The van der Waals surface area contributed by atoms with E-state index in [4.69, 9.17) is 21.4 Å². The highest BCUT2D eigenvalue weighted by Gasteiger charge is 2.28. The van der Waals surface area contributed by atoms with Gasteiger partial charge in [-0.1, -0.05) is 48.0 Å². The van der Waals surface area contributed by atoms with E-state index in [1.807, 2.05) is 30.3 Å². The number of hydrazone groups is 1. The van der Waals surface area contributed by atoms with Crippen LogP contribution in [0.5, 0.6) is 5.75 Å². The van der Waals surface area contributed by atoms with Crippen LogP contribution < -0.4 is 9.75 Å². The van der Waals surface area contributed by atoms with Gasteiger partial charge in [-0.25, -0.2) is 4.79 Å². The molecule has 3 aromatic rings. The Morgan fingerprint density at radius 2 is 1.88 bits per heavy atom. The second kappa shape index (κ2) is 9.08. The van der Waals surface area contributed by atoms with Crippen molar-refractivity contribution in [2.24, 2.45) is 5.10 Å². The van der Waals surface area contributed by atoms with E-state index in [-0.39, 0.29) is 18.1 Å². The van der Waals surface area contributed by atoms with Gasteiger partial charge in [0.25, 0.3) is 5.91 Å². The fourth-order valence-corrected chi connectivity index (χ4v) is 3.52. The first-order chi connectivity index (χ1) is 15.4. The number of hydrogen-bond acceptors (Lipinski definition) is 4. The average Bonchev–Trinajstić information content (AvgIpc) is 3.07. The van der Waals surface area contributed by atoms with E-state index in [1.54, 1.807) is 49.4 Å². The molecule has 0 unspecified atom stereocenters. The third-order valence-corrected chi connectivity index (χ3v) is 5.19. The van der Waals surface area contributed by atoms with Gasteiger partial charge in [0, 0.05) is 0 Å². The molecule has 3 aromatic carbocycles. The minimum absolute atomic E-state index is 0.178. The number of halogens is 1. The molecule has 0 aliphatic carbocycles. The first-order valence-corrected chi connectivity index (χ1v) is 10.2. The summed E-state index contributed by atoms with van der Waals surface area (Å²) in [7, 11) is 0. The number of hydrogen-bond donors (Lipinski definition) is 1. The molecule has 1 amide bonds. The number of carbonyl (C=O) groups is 2. The third kappa shape index (κ3) is 4.55. The van der Waals surface area contributed by atoms with Crippen molar-refractivity contribution in [3.8, 4) is 5.75 Å². The van der Waals surface area contributed by atoms with Gasteiger partial charge < -0.3 is 9.84 Å². The summed E-state index contributed by atoms with van der Waals surface area (Å²) in [6.07, 6.45) is 1.75. The third-order valence-electron chi connectivity index (χ3n) is 4.90. The summed E-state index contributed by atoms with van der Waals surface area (Å²) in [5.74, 6) is -0.736. The van der Waals surface area contributed by atoms with Crippen LogP contribution in [-0.2, 0) is 11.4 Å². The summed E-state index contributed by atoms with van der Waals surface area (Å²) >= 11 is 6.39. The maximum Gasteiger partial charge on any atom is 0.335 e. The Hall–Kier alpha value is -3.90. The SMILES string of the molecule is CC1=NN(c2ccccc2)C(=O)/C1=C/c1ccc(OCc2cccc(C(=O)O)c2)c(Cl)c1. The Balaban J connectivity index is 1.49. The molecule has 32 heavy (non-hydrogen) atoms. The topological polar surface area (TPSA) is 79.2 Å². The number of para-hydroxylation sites is 1. The monoisotopic (exact) mass is 446 g/mol. The van der Waals surface area contributed by atoms with Crippen LogP contribution in [0.15, 0.2) is 83.5 Å². The number of aromatic carboxylic acids is 1. The Bertz CT molecular complexity index is 1250. The summed E-state index contributed by atoms with van der Waals surface area (Å²) in [6.45, 7) is 1.97. The predicted molar refractivity (Wildman–Crippen MR) is 124 cm³/mol. The molecule has 1 aliphatic heterocycles. The van der Waals surface area contributed by atoms with Crippen molar-refractivity contribution in [3.63, 3.8) is 0 Å². The normalized spacial score (nSPS) is 14.6. The van der Waals surface area contributed by atoms with E-state index in [9.17, 15) is 9.59 Å². The minimum Gasteiger partial charge on any atom is -0.487 e. The number of rotatable bonds is 6. The van der Waals surface area contributed by atoms with Gasteiger partial charge in [-0.2, -0.15) is 10.1 Å². The molecule has 0 bridgehead atoms. The molecule has 0 saturated heterocycles. The molecule has 7 heteroatoms. The lowest BCUT2D eigenvalue weighted by atomic mass is 10.1. The lowest BCUT2D eigenvalue weighted by Gasteiger charge is -2.11. The molecule has 0 aromatic heterocycles. The van der Waals surface area contributed by atoms with Crippen LogP contribution in [-0.4, -0.2) is 22.7 Å². The second-order valence-corrected chi connectivity index (χ2v) is 7.59. The number of ether oxygens (including phenoxy) is 1. The zero-order chi connectivity index (χ0) is 22.7. The largest absolute Gasteiger partial charge is 0.487 e. The van der Waals surface area contributed by atoms with Crippen LogP contribution in [0, 0.1) is 0 Å². The van der Waals surface area contributed by atoms with Crippen LogP contribution in [0.25, 0.3) is 6.08 Å². The number of carboxylic acid groups (broad SMARTS) is 1. The van der Waals surface area contributed by atoms with Crippen LogP contribution >= 0.6 is 11.6 Å². The number of carboxylic acids is 1. The van der Waals surface area contributed by atoms with Crippen molar-refractivity contribution in [1.29, 1.82) is 0 Å². The molecule has 4 rings (SSSR count). The molecule has 0 saturated carbocycles. The Morgan fingerprint density at radius 1 is 1.09 bits per heavy atom. The zero-order valence-corrected chi connectivity index (χ0v) is 17.9.